The first-order valence-corrected chi connectivity index (χ1v) is 5.64. The molecule has 1 aromatic carbocycles. The summed E-state index contributed by atoms with van der Waals surface area (Å²) in [5, 5.41) is 8.61. The molecule has 0 amide bonds. The summed E-state index contributed by atoms with van der Waals surface area (Å²) < 4.78 is 10.7. The van der Waals surface area contributed by atoms with E-state index in [4.69, 9.17) is 14.3 Å². The van der Waals surface area contributed by atoms with E-state index in [1.54, 1.807) is 13.2 Å². The molecule has 18 heavy (non-hydrogen) atoms. The molecule has 0 unspecified atom stereocenters. The van der Waals surface area contributed by atoms with Crippen LogP contribution in [0.2, 0.25) is 0 Å². The topological polar surface area (TPSA) is 59.7 Å². The number of furan rings is 1. The highest BCUT2D eigenvalue weighted by Gasteiger charge is 2.07. The molecular weight excluding hydrogens is 232 g/mol. The third-order valence-corrected chi connectivity index (χ3v) is 2.60. The van der Waals surface area contributed by atoms with Gasteiger partial charge in [-0.05, 0) is 24.3 Å². The van der Waals surface area contributed by atoms with Gasteiger partial charge in [-0.15, -0.1) is 0 Å². The van der Waals surface area contributed by atoms with E-state index in [0.717, 1.165) is 11.3 Å². The van der Waals surface area contributed by atoms with Gasteiger partial charge in [0.2, 0.25) is 0 Å². The van der Waals surface area contributed by atoms with Gasteiger partial charge in [-0.3, -0.25) is 4.79 Å². The fraction of sp³-hybridized carbons (Fsp3) is 0.214. The molecule has 0 bridgehead atoms. The van der Waals surface area contributed by atoms with E-state index in [1.165, 1.54) is 0 Å². The summed E-state index contributed by atoms with van der Waals surface area (Å²) in [6.07, 6.45) is 0.477. The fourth-order valence-corrected chi connectivity index (χ4v) is 1.67. The van der Waals surface area contributed by atoms with Crippen molar-refractivity contribution in [1.82, 2.24) is 0 Å². The van der Waals surface area contributed by atoms with Crippen molar-refractivity contribution in [2.45, 2.75) is 12.8 Å². The van der Waals surface area contributed by atoms with E-state index in [1.807, 2.05) is 30.3 Å². The molecule has 0 spiro atoms. The number of aliphatic carboxylic acids is 1. The number of hydrogen-bond donors (Lipinski definition) is 1. The van der Waals surface area contributed by atoms with Crippen molar-refractivity contribution in [2.75, 3.05) is 7.11 Å². The highest BCUT2D eigenvalue weighted by molar-refractivity contribution is 5.67. The molecule has 0 aliphatic rings. The lowest BCUT2D eigenvalue weighted by Gasteiger charge is -2.01. The summed E-state index contributed by atoms with van der Waals surface area (Å²) in [7, 11) is 1.61. The van der Waals surface area contributed by atoms with Crippen molar-refractivity contribution in [3.05, 3.63) is 42.2 Å². The Hall–Kier alpha value is -2.23. The zero-order valence-electron chi connectivity index (χ0n) is 10.1. The van der Waals surface area contributed by atoms with Crippen molar-refractivity contribution in [1.29, 1.82) is 0 Å². The molecule has 2 rings (SSSR count). The van der Waals surface area contributed by atoms with Crippen LogP contribution in [0.4, 0.5) is 0 Å². The Labute approximate surface area is 105 Å². The first-order chi connectivity index (χ1) is 8.69. The Morgan fingerprint density at radius 2 is 2.17 bits per heavy atom. The maximum atomic E-state index is 10.5. The number of benzene rings is 1. The summed E-state index contributed by atoms with van der Waals surface area (Å²) in [4.78, 5) is 10.5. The summed E-state index contributed by atoms with van der Waals surface area (Å²) in [6, 6.07) is 11.2. The monoisotopic (exact) mass is 246 g/mol. The van der Waals surface area contributed by atoms with E-state index >= 15 is 0 Å². The van der Waals surface area contributed by atoms with Gasteiger partial charge in [0.1, 0.15) is 17.3 Å². The third kappa shape index (κ3) is 2.91. The molecule has 4 nitrogen and oxygen atoms in total. The lowest BCUT2D eigenvalue weighted by molar-refractivity contribution is -0.137. The third-order valence-electron chi connectivity index (χ3n) is 2.60. The van der Waals surface area contributed by atoms with Crippen LogP contribution in [0, 0.1) is 0 Å². The van der Waals surface area contributed by atoms with Crippen LogP contribution >= 0.6 is 0 Å². The Balaban J connectivity index is 2.15. The number of carboxylic acid groups (broad SMARTS) is 1. The molecule has 94 valence electrons. The maximum Gasteiger partial charge on any atom is 0.303 e. The second-order valence-electron chi connectivity index (χ2n) is 3.89. The fourth-order valence-electron chi connectivity index (χ4n) is 1.67. The van der Waals surface area contributed by atoms with Crippen LogP contribution in [0.25, 0.3) is 11.3 Å². The van der Waals surface area contributed by atoms with Crippen LogP contribution in [0.15, 0.2) is 40.8 Å². The molecule has 0 aliphatic heterocycles. The van der Waals surface area contributed by atoms with Gasteiger partial charge in [0.15, 0.2) is 0 Å². The van der Waals surface area contributed by atoms with Crippen LogP contribution in [-0.4, -0.2) is 18.2 Å². The Morgan fingerprint density at radius 3 is 2.89 bits per heavy atom. The molecule has 4 heteroatoms. The van der Waals surface area contributed by atoms with Crippen LogP contribution in [0.5, 0.6) is 5.75 Å². The van der Waals surface area contributed by atoms with E-state index in [0.29, 0.717) is 17.9 Å². The number of methoxy groups -OCH3 is 1. The smallest absolute Gasteiger partial charge is 0.303 e. The van der Waals surface area contributed by atoms with Gasteiger partial charge in [0.05, 0.1) is 13.5 Å². The van der Waals surface area contributed by atoms with E-state index < -0.39 is 5.97 Å². The average Bonchev–Trinajstić information content (AvgIpc) is 2.85. The number of carbonyl (C=O) groups is 1. The van der Waals surface area contributed by atoms with Crippen LogP contribution in [0.3, 0.4) is 0 Å². The van der Waals surface area contributed by atoms with Crippen LogP contribution < -0.4 is 4.74 Å². The molecule has 2 aromatic rings. The van der Waals surface area contributed by atoms with Crippen molar-refractivity contribution in [2.24, 2.45) is 0 Å². The lowest BCUT2D eigenvalue weighted by Crippen LogP contribution is -1.96. The number of rotatable bonds is 5. The first kappa shape index (κ1) is 12.2. The van der Waals surface area contributed by atoms with Crippen LogP contribution in [-0.2, 0) is 11.2 Å². The minimum absolute atomic E-state index is 0.0745. The second kappa shape index (κ2) is 5.40. The molecule has 0 radical (unpaired) electrons. The lowest BCUT2D eigenvalue weighted by atomic mass is 10.1. The molecule has 0 atom stereocenters. The SMILES string of the molecule is COc1cccc(-c2ccc(CCC(=O)O)o2)c1. The predicted molar refractivity (Wildman–Crippen MR) is 66.7 cm³/mol. The predicted octanol–water partition coefficient (Wildman–Crippen LogP) is 2.97. The summed E-state index contributed by atoms with van der Waals surface area (Å²) in [5.74, 6) is 1.33. The van der Waals surface area contributed by atoms with Crippen molar-refractivity contribution in [3.63, 3.8) is 0 Å². The number of carboxylic acids is 1. The standard InChI is InChI=1S/C14H14O4/c1-17-12-4-2-3-10(9-12)13-7-5-11(18-13)6-8-14(15)16/h2-5,7,9H,6,8H2,1H3,(H,15,16). The zero-order valence-corrected chi connectivity index (χ0v) is 10.1. The second-order valence-corrected chi connectivity index (χ2v) is 3.89. The number of aryl methyl sites for hydroxylation is 1. The highest BCUT2D eigenvalue weighted by Crippen LogP contribution is 2.26. The number of hydrogen-bond acceptors (Lipinski definition) is 3. The largest absolute Gasteiger partial charge is 0.497 e. The average molecular weight is 246 g/mol. The highest BCUT2D eigenvalue weighted by atomic mass is 16.5. The summed E-state index contributed by atoms with van der Waals surface area (Å²) in [5.41, 5.74) is 0.913. The Kier molecular flexibility index (Phi) is 3.67. The molecule has 1 heterocycles. The van der Waals surface area contributed by atoms with Gasteiger partial charge < -0.3 is 14.3 Å². The summed E-state index contributed by atoms with van der Waals surface area (Å²) >= 11 is 0. The van der Waals surface area contributed by atoms with Crippen molar-refractivity contribution >= 4 is 5.97 Å². The van der Waals surface area contributed by atoms with Gasteiger partial charge in [-0.25, -0.2) is 0 Å². The zero-order chi connectivity index (χ0) is 13.0. The Bertz CT molecular complexity index is 542. The van der Waals surface area contributed by atoms with Crippen molar-refractivity contribution in [3.8, 4) is 17.1 Å². The van der Waals surface area contributed by atoms with Crippen LogP contribution in [0.1, 0.15) is 12.2 Å². The van der Waals surface area contributed by atoms with Gasteiger partial charge in [-0.1, -0.05) is 12.1 Å². The minimum Gasteiger partial charge on any atom is -0.497 e. The molecule has 1 aromatic heterocycles. The van der Waals surface area contributed by atoms with Gasteiger partial charge in [0.25, 0.3) is 0 Å². The maximum absolute atomic E-state index is 10.5. The summed E-state index contributed by atoms with van der Waals surface area (Å²) in [6.45, 7) is 0. The molecular formula is C14H14O4. The van der Waals surface area contributed by atoms with E-state index in [2.05, 4.69) is 0 Å². The molecule has 1 N–H and O–H groups in total. The quantitative estimate of drug-likeness (QED) is 0.881. The Morgan fingerprint density at radius 1 is 1.33 bits per heavy atom. The van der Waals surface area contributed by atoms with E-state index in [9.17, 15) is 4.79 Å². The van der Waals surface area contributed by atoms with E-state index in [-0.39, 0.29) is 6.42 Å². The minimum atomic E-state index is -0.825. The van der Waals surface area contributed by atoms with Gasteiger partial charge >= 0.3 is 5.97 Å². The molecule has 0 fully saturated rings. The first-order valence-electron chi connectivity index (χ1n) is 5.64. The molecule has 0 aliphatic carbocycles. The molecule has 0 saturated carbocycles. The molecule has 0 saturated heterocycles. The van der Waals surface area contributed by atoms with Crippen molar-refractivity contribution < 1.29 is 19.1 Å². The number of ether oxygens (including phenoxy) is 1. The van der Waals surface area contributed by atoms with Gasteiger partial charge in [-0.2, -0.15) is 0 Å². The normalized spacial score (nSPS) is 10.3. The van der Waals surface area contributed by atoms with Gasteiger partial charge in [0, 0.05) is 12.0 Å².